The van der Waals surface area contributed by atoms with E-state index in [9.17, 15) is 18.0 Å². The third-order valence-electron chi connectivity index (χ3n) is 5.27. The van der Waals surface area contributed by atoms with E-state index in [4.69, 9.17) is 15.0 Å². The maximum atomic E-state index is 13.2. The predicted molar refractivity (Wildman–Crippen MR) is 112 cm³/mol. The Morgan fingerprint density at radius 2 is 1.84 bits per heavy atom. The number of alkyl halides is 3. The molecular weight excluding hydrogens is 425 g/mol. The van der Waals surface area contributed by atoms with Gasteiger partial charge in [0.05, 0.1) is 30.0 Å². The third kappa shape index (κ3) is 3.57. The van der Waals surface area contributed by atoms with Crippen molar-refractivity contribution in [2.75, 3.05) is 12.8 Å². The van der Waals surface area contributed by atoms with Crippen LogP contribution in [0.1, 0.15) is 29.8 Å². The lowest BCUT2D eigenvalue weighted by Crippen LogP contribution is -2.27. The molecule has 10 heteroatoms. The third-order valence-corrected chi connectivity index (χ3v) is 5.27. The Morgan fingerprint density at radius 1 is 1.16 bits per heavy atom. The lowest BCUT2D eigenvalue weighted by atomic mass is 10.0. The zero-order valence-electron chi connectivity index (χ0n) is 17.4. The van der Waals surface area contributed by atoms with Crippen molar-refractivity contribution in [1.29, 1.82) is 0 Å². The van der Waals surface area contributed by atoms with E-state index in [0.29, 0.717) is 28.3 Å². The van der Waals surface area contributed by atoms with Crippen LogP contribution < -0.4 is 16.0 Å². The summed E-state index contributed by atoms with van der Waals surface area (Å²) in [5, 5.41) is 8.62. The first kappa shape index (κ1) is 21.4. The van der Waals surface area contributed by atoms with Crippen LogP contribution in [-0.2, 0) is 6.18 Å². The summed E-state index contributed by atoms with van der Waals surface area (Å²) in [6, 6.07) is 8.89. The van der Waals surface area contributed by atoms with Crippen molar-refractivity contribution in [1.82, 2.24) is 14.9 Å². The van der Waals surface area contributed by atoms with E-state index in [1.807, 2.05) is 0 Å². The number of methoxy groups -OCH3 is 1. The van der Waals surface area contributed by atoms with Crippen LogP contribution in [0.2, 0.25) is 0 Å². The van der Waals surface area contributed by atoms with Crippen molar-refractivity contribution in [3.05, 3.63) is 69.6 Å². The fourth-order valence-corrected chi connectivity index (χ4v) is 3.54. The number of nitrogens with two attached hydrogens (primary N) is 1. The van der Waals surface area contributed by atoms with Crippen LogP contribution in [0.25, 0.3) is 22.2 Å². The normalized spacial score (nSPS) is 12.8. The van der Waals surface area contributed by atoms with Crippen LogP contribution in [0, 0.1) is 6.92 Å². The van der Waals surface area contributed by atoms with Gasteiger partial charge in [-0.05, 0) is 49.7 Å². The number of aryl methyl sites for hydroxylation is 1. The number of nitrogens with zero attached hydrogens (tertiary/aromatic N) is 3. The molecule has 0 aliphatic carbocycles. The molecule has 0 radical (unpaired) electrons. The molecule has 166 valence electrons. The summed E-state index contributed by atoms with van der Waals surface area (Å²) >= 11 is 0. The second-order valence-electron chi connectivity index (χ2n) is 7.33. The molecule has 32 heavy (non-hydrogen) atoms. The highest BCUT2D eigenvalue weighted by Crippen LogP contribution is 2.35. The highest BCUT2D eigenvalue weighted by molar-refractivity contribution is 5.92. The Bertz CT molecular complexity index is 1360. The van der Waals surface area contributed by atoms with Gasteiger partial charge >= 0.3 is 6.18 Å². The summed E-state index contributed by atoms with van der Waals surface area (Å²) in [5.74, 6) is 0.453. The van der Waals surface area contributed by atoms with E-state index in [2.05, 4.69) is 10.3 Å². The van der Waals surface area contributed by atoms with E-state index in [1.165, 1.54) is 23.9 Å². The van der Waals surface area contributed by atoms with Crippen LogP contribution >= 0.6 is 0 Å². The molecule has 2 aromatic carbocycles. The van der Waals surface area contributed by atoms with Crippen molar-refractivity contribution in [3.8, 4) is 17.0 Å². The Labute approximate surface area is 180 Å². The first-order valence-electron chi connectivity index (χ1n) is 9.61. The van der Waals surface area contributed by atoms with Crippen LogP contribution in [0.5, 0.6) is 5.75 Å². The van der Waals surface area contributed by atoms with E-state index < -0.39 is 23.3 Å². The Kier molecular flexibility index (Phi) is 5.15. The molecule has 0 amide bonds. The number of ether oxygens (including phenoxy) is 1. The molecular formula is C22H19F3N4O3. The summed E-state index contributed by atoms with van der Waals surface area (Å²) in [4.78, 5) is 13.2. The standard InChI is InChI=1S/C22H19F3N4O3/c1-11-18-20(32-28-11)19(16-10-15(26)8-9-17(16)31-3)27-29(21(18)30)12(2)13-4-6-14(7-5-13)22(23,24)25/h4-10,12H,26H2,1-3H3/t12-/m0/s1. The zero-order valence-corrected chi connectivity index (χ0v) is 17.4. The van der Waals surface area contributed by atoms with Gasteiger partial charge in [-0.25, -0.2) is 4.68 Å². The number of hydrogen-bond donors (Lipinski definition) is 1. The summed E-state index contributed by atoms with van der Waals surface area (Å²) < 4.78 is 50.8. The van der Waals surface area contributed by atoms with Gasteiger partial charge in [-0.2, -0.15) is 18.3 Å². The highest BCUT2D eigenvalue weighted by atomic mass is 19.4. The quantitative estimate of drug-likeness (QED) is 0.463. The molecule has 1 atom stereocenters. The molecule has 2 aromatic heterocycles. The molecule has 0 saturated carbocycles. The van der Waals surface area contributed by atoms with Crippen LogP contribution in [0.4, 0.5) is 18.9 Å². The predicted octanol–water partition coefficient (Wildman–Crippen LogP) is 4.58. The summed E-state index contributed by atoms with van der Waals surface area (Å²) in [6.07, 6.45) is -4.45. The second kappa shape index (κ2) is 7.70. The maximum Gasteiger partial charge on any atom is 0.416 e. The molecule has 2 heterocycles. The van der Waals surface area contributed by atoms with Crippen molar-refractivity contribution < 1.29 is 22.4 Å². The number of fused-ring (bicyclic) bond motifs is 1. The minimum absolute atomic E-state index is 0.173. The molecule has 7 nitrogen and oxygen atoms in total. The topological polar surface area (TPSA) is 96.2 Å². The molecule has 0 fully saturated rings. The molecule has 0 aliphatic rings. The van der Waals surface area contributed by atoms with Crippen LogP contribution in [0.15, 0.2) is 51.8 Å². The summed E-state index contributed by atoms with van der Waals surface area (Å²) in [7, 11) is 1.48. The Morgan fingerprint density at radius 3 is 2.47 bits per heavy atom. The van der Waals surface area contributed by atoms with E-state index in [0.717, 1.165) is 12.1 Å². The fourth-order valence-electron chi connectivity index (χ4n) is 3.54. The smallest absolute Gasteiger partial charge is 0.416 e. The van der Waals surface area contributed by atoms with E-state index >= 15 is 0 Å². The largest absolute Gasteiger partial charge is 0.496 e. The van der Waals surface area contributed by atoms with Crippen molar-refractivity contribution in [3.63, 3.8) is 0 Å². The molecule has 0 unspecified atom stereocenters. The number of halogens is 3. The highest BCUT2D eigenvalue weighted by Gasteiger charge is 2.30. The van der Waals surface area contributed by atoms with Gasteiger partial charge in [0.25, 0.3) is 5.56 Å². The minimum Gasteiger partial charge on any atom is -0.496 e. The molecule has 0 bridgehead atoms. The van der Waals surface area contributed by atoms with Gasteiger partial charge in [0.2, 0.25) is 5.58 Å². The van der Waals surface area contributed by atoms with Crippen LogP contribution in [-0.4, -0.2) is 22.0 Å². The number of anilines is 1. The number of aromatic nitrogens is 3. The molecule has 0 aliphatic heterocycles. The molecule has 0 saturated heterocycles. The SMILES string of the molecule is COc1ccc(N)cc1-c1nn([C@@H](C)c2ccc(C(F)(F)F)cc2)c(=O)c2c(C)noc12. The van der Waals surface area contributed by atoms with Gasteiger partial charge in [-0.3, -0.25) is 4.79 Å². The summed E-state index contributed by atoms with van der Waals surface area (Å²) in [6.45, 7) is 3.30. The van der Waals surface area contributed by atoms with Gasteiger partial charge in [-0.1, -0.05) is 17.3 Å². The van der Waals surface area contributed by atoms with E-state index in [-0.39, 0.29) is 16.7 Å². The Hall–Kier alpha value is -3.82. The molecule has 0 spiro atoms. The Balaban J connectivity index is 1.93. The molecule has 2 N–H and O–H groups in total. The van der Waals surface area contributed by atoms with Gasteiger partial charge in [-0.15, -0.1) is 0 Å². The lowest BCUT2D eigenvalue weighted by Gasteiger charge is -2.17. The average molecular weight is 444 g/mol. The van der Waals surface area contributed by atoms with Gasteiger partial charge in [0.1, 0.15) is 16.8 Å². The lowest BCUT2D eigenvalue weighted by molar-refractivity contribution is -0.137. The van der Waals surface area contributed by atoms with Crippen molar-refractivity contribution >= 4 is 16.7 Å². The van der Waals surface area contributed by atoms with Crippen molar-refractivity contribution in [2.24, 2.45) is 0 Å². The van der Waals surface area contributed by atoms with E-state index in [1.54, 1.807) is 32.0 Å². The zero-order chi connectivity index (χ0) is 23.2. The monoisotopic (exact) mass is 444 g/mol. The van der Waals surface area contributed by atoms with Crippen LogP contribution in [0.3, 0.4) is 0 Å². The summed E-state index contributed by atoms with van der Waals surface area (Å²) in [5.41, 5.74) is 6.93. The first-order chi connectivity index (χ1) is 15.1. The molecule has 4 rings (SSSR count). The minimum atomic E-state index is -4.45. The first-order valence-corrected chi connectivity index (χ1v) is 9.61. The second-order valence-corrected chi connectivity index (χ2v) is 7.33. The fraction of sp³-hybridized carbons (Fsp3) is 0.227. The maximum absolute atomic E-state index is 13.2. The van der Waals surface area contributed by atoms with Gasteiger partial charge in [0, 0.05) is 5.69 Å². The van der Waals surface area contributed by atoms with Crippen molar-refractivity contribution in [2.45, 2.75) is 26.1 Å². The number of hydrogen-bond acceptors (Lipinski definition) is 6. The molecule has 4 aromatic rings. The number of benzene rings is 2. The number of rotatable bonds is 4. The number of nitrogen functional groups attached to an aromatic ring is 1. The van der Waals surface area contributed by atoms with Gasteiger partial charge in [0.15, 0.2) is 0 Å². The average Bonchev–Trinajstić information content (AvgIpc) is 3.15. The van der Waals surface area contributed by atoms with Gasteiger partial charge < -0.3 is 15.0 Å².